The summed E-state index contributed by atoms with van der Waals surface area (Å²) in [5.74, 6) is 0.820. The van der Waals surface area contributed by atoms with Crippen LogP contribution < -0.4 is 0 Å². The molecule has 0 aliphatic carbocycles. The third kappa shape index (κ3) is 6.08. The number of carboxylic acid groups (broad SMARTS) is 1. The first-order valence-corrected chi connectivity index (χ1v) is 7.38. The Kier molecular flexibility index (Phi) is 6.32. The summed E-state index contributed by atoms with van der Waals surface area (Å²) in [6.45, 7) is 7.95. The Morgan fingerprint density at radius 1 is 1.21 bits per heavy atom. The van der Waals surface area contributed by atoms with E-state index in [0.29, 0.717) is 18.3 Å². The second-order valence-corrected chi connectivity index (χ2v) is 6.36. The maximum absolute atomic E-state index is 12.1. The molecule has 0 bridgehead atoms. The molecule has 1 amide bonds. The van der Waals surface area contributed by atoms with E-state index in [1.165, 1.54) is 0 Å². The molecule has 0 saturated carbocycles. The molecule has 1 rings (SSSR count). The van der Waals surface area contributed by atoms with Gasteiger partial charge in [0.05, 0.1) is 0 Å². The van der Waals surface area contributed by atoms with Crippen LogP contribution in [0.5, 0.6) is 0 Å². The van der Waals surface area contributed by atoms with E-state index in [-0.39, 0.29) is 18.2 Å². The third-order valence-electron chi connectivity index (χ3n) is 3.83. The molecule has 1 aliphatic heterocycles. The summed E-state index contributed by atoms with van der Waals surface area (Å²) < 4.78 is 0. The number of likely N-dealkylation sites (tertiary alicyclic amines) is 1. The Bertz CT molecular complexity index is 307. The smallest absolute Gasteiger partial charge is 0.303 e. The number of rotatable bonds is 6. The van der Waals surface area contributed by atoms with E-state index in [4.69, 9.17) is 5.11 Å². The van der Waals surface area contributed by atoms with Gasteiger partial charge in [0.1, 0.15) is 0 Å². The molecule has 1 heterocycles. The second-order valence-electron chi connectivity index (χ2n) is 6.36. The molecule has 1 N–H and O–H groups in total. The predicted molar refractivity (Wildman–Crippen MR) is 74.8 cm³/mol. The zero-order valence-corrected chi connectivity index (χ0v) is 12.4. The van der Waals surface area contributed by atoms with Gasteiger partial charge in [-0.15, -0.1) is 0 Å². The van der Waals surface area contributed by atoms with Crippen molar-refractivity contribution in [2.24, 2.45) is 17.8 Å². The Hall–Kier alpha value is -1.06. The van der Waals surface area contributed by atoms with Crippen molar-refractivity contribution in [1.82, 2.24) is 4.90 Å². The maximum Gasteiger partial charge on any atom is 0.303 e. The molecule has 1 atom stereocenters. The molecule has 0 aromatic carbocycles. The van der Waals surface area contributed by atoms with Gasteiger partial charge in [0, 0.05) is 25.9 Å². The highest BCUT2D eigenvalue weighted by atomic mass is 16.4. The summed E-state index contributed by atoms with van der Waals surface area (Å²) in [5, 5.41) is 8.76. The number of hydrogen-bond donors (Lipinski definition) is 1. The second kappa shape index (κ2) is 7.51. The molecule has 4 nitrogen and oxygen atoms in total. The molecule has 0 radical (unpaired) electrons. The van der Waals surface area contributed by atoms with E-state index < -0.39 is 5.97 Å². The molecule has 1 aliphatic rings. The van der Waals surface area contributed by atoms with E-state index in [1.54, 1.807) is 0 Å². The van der Waals surface area contributed by atoms with Crippen LogP contribution in [0.4, 0.5) is 0 Å². The Morgan fingerprint density at radius 2 is 1.79 bits per heavy atom. The molecular formula is C15H27NO3. The fourth-order valence-electron chi connectivity index (χ4n) is 2.95. The highest BCUT2D eigenvalue weighted by Gasteiger charge is 2.25. The van der Waals surface area contributed by atoms with Gasteiger partial charge in [0.25, 0.3) is 0 Å². The fraction of sp³-hybridized carbons (Fsp3) is 0.867. The van der Waals surface area contributed by atoms with Crippen LogP contribution in [-0.2, 0) is 9.59 Å². The van der Waals surface area contributed by atoms with Gasteiger partial charge in [0.15, 0.2) is 0 Å². The van der Waals surface area contributed by atoms with Crippen molar-refractivity contribution in [2.45, 2.75) is 52.9 Å². The van der Waals surface area contributed by atoms with Crippen molar-refractivity contribution >= 4 is 11.9 Å². The van der Waals surface area contributed by atoms with Crippen LogP contribution in [-0.4, -0.2) is 35.0 Å². The summed E-state index contributed by atoms with van der Waals surface area (Å²) in [6, 6.07) is 0. The number of piperidine rings is 1. The minimum absolute atomic E-state index is 0.238. The SMILES string of the molecule is CC(C)CC(C)CC(=O)N1CCC(CC(=O)O)CC1. The van der Waals surface area contributed by atoms with E-state index >= 15 is 0 Å². The van der Waals surface area contributed by atoms with Gasteiger partial charge < -0.3 is 10.0 Å². The zero-order valence-electron chi connectivity index (χ0n) is 12.4. The topological polar surface area (TPSA) is 57.6 Å². The molecule has 1 unspecified atom stereocenters. The summed E-state index contributed by atoms with van der Waals surface area (Å²) in [6.07, 6.45) is 3.61. The summed E-state index contributed by atoms with van der Waals surface area (Å²) in [7, 11) is 0. The van der Waals surface area contributed by atoms with Gasteiger partial charge in [-0.3, -0.25) is 9.59 Å². The average Bonchev–Trinajstić information content (AvgIpc) is 2.27. The first-order chi connectivity index (χ1) is 8.88. The van der Waals surface area contributed by atoms with E-state index in [0.717, 1.165) is 32.4 Å². The van der Waals surface area contributed by atoms with Gasteiger partial charge in [-0.2, -0.15) is 0 Å². The molecule has 0 aromatic heterocycles. The summed E-state index contributed by atoms with van der Waals surface area (Å²) in [5.41, 5.74) is 0. The lowest BCUT2D eigenvalue weighted by Crippen LogP contribution is -2.39. The van der Waals surface area contributed by atoms with Gasteiger partial charge in [0.2, 0.25) is 5.91 Å². The molecule has 1 fully saturated rings. The minimum Gasteiger partial charge on any atom is -0.481 e. The van der Waals surface area contributed by atoms with Crippen LogP contribution >= 0.6 is 0 Å². The van der Waals surface area contributed by atoms with Crippen molar-refractivity contribution in [3.05, 3.63) is 0 Å². The van der Waals surface area contributed by atoms with E-state index in [1.807, 2.05) is 4.90 Å². The number of aliphatic carboxylic acids is 1. The number of carbonyl (C=O) groups is 2. The number of hydrogen-bond acceptors (Lipinski definition) is 2. The molecular weight excluding hydrogens is 242 g/mol. The largest absolute Gasteiger partial charge is 0.481 e. The zero-order chi connectivity index (χ0) is 14.4. The van der Waals surface area contributed by atoms with Crippen LogP contribution in [0.15, 0.2) is 0 Å². The van der Waals surface area contributed by atoms with E-state index in [9.17, 15) is 9.59 Å². The maximum atomic E-state index is 12.1. The average molecular weight is 269 g/mol. The molecule has 19 heavy (non-hydrogen) atoms. The lowest BCUT2D eigenvalue weighted by Gasteiger charge is -2.32. The highest BCUT2D eigenvalue weighted by Crippen LogP contribution is 2.22. The number of amides is 1. The van der Waals surface area contributed by atoms with Crippen molar-refractivity contribution in [1.29, 1.82) is 0 Å². The van der Waals surface area contributed by atoms with Crippen LogP contribution in [0.1, 0.15) is 52.9 Å². The van der Waals surface area contributed by atoms with Gasteiger partial charge >= 0.3 is 5.97 Å². The standard InChI is InChI=1S/C15H27NO3/c1-11(2)8-12(3)9-14(17)16-6-4-13(5-7-16)10-15(18)19/h11-13H,4-10H2,1-3H3,(H,18,19). The van der Waals surface area contributed by atoms with Crippen molar-refractivity contribution in [3.63, 3.8) is 0 Å². The summed E-state index contributed by atoms with van der Waals surface area (Å²) >= 11 is 0. The number of nitrogens with zero attached hydrogens (tertiary/aromatic N) is 1. The van der Waals surface area contributed by atoms with Crippen LogP contribution in [0, 0.1) is 17.8 Å². The molecule has 110 valence electrons. The van der Waals surface area contributed by atoms with Gasteiger partial charge in [-0.1, -0.05) is 20.8 Å². The van der Waals surface area contributed by atoms with Crippen LogP contribution in [0.25, 0.3) is 0 Å². The minimum atomic E-state index is -0.727. The first kappa shape index (κ1) is 16.0. The van der Waals surface area contributed by atoms with Crippen molar-refractivity contribution < 1.29 is 14.7 Å². The fourth-order valence-corrected chi connectivity index (χ4v) is 2.95. The monoisotopic (exact) mass is 269 g/mol. The molecule has 0 aromatic rings. The Balaban J connectivity index is 2.30. The van der Waals surface area contributed by atoms with Gasteiger partial charge in [-0.05, 0) is 37.0 Å². The van der Waals surface area contributed by atoms with E-state index in [2.05, 4.69) is 20.8 Å². The number of carbonyl (C=O) groups excluding carboxylic acids is 1. The molecule has 0 spiro atoms. The Labute approximate surface area is 116 Å². The highest BCUT2D eigenvalue weighted by molar-refractivity contribution is 5.76. The van der Waals surface area contributed by atoms with Gasteiger partial charge in [-0.25, -0.2) is 0 Å². The first-order valence-electron chi connectivity index (χ1n) is 7.38. The number of carboxylic acids is 1. The van der Waals surface area contributed by atoms with Crippen LogP contribution in [0.3, 0.4) is 0 Å². The molecule has 4 heteroatoms. The van der Waals surface area contributed by atoms with Crippen molar-refractivity contribution in [3.8, 4) is 0 Å². The molecule has 1 saturated heterocycles. The normalized spacial score (nSPS) is 18.6. The predicted octanol–water partition coefficient (Wildman–Crippen LogP) is 2.77. The van der Waals surface area contributed by atoms with Crippen LogP contribution in [0.2, 0.25) is 0 Å². The lowest BCUT2D eigenvalue weighted by atomic mass is 9.92. The summed E-state index contributed by atoms with van der Waals surface area (Å²) in [4.78, 5) is 24.7. The lowest BCUT2D eigenvalue weighted by molar-refractivity contribution is -0.138. The van der Waals surface area contributed by atoms with Crippen molar-refractivity contribution in [2.75, 3.05) is 13.1 Å². The quantitative estimate of drug-likeness (QED) is 0.806. The Morgan fingerprint density at radius 3 is 2.26 bits per heavy atom. The third-order valence-corrected chi connectivity index (χ3v) is 3.83.